The van der Waals surface area contributed by atoms with Crippen molar-refractivity contribution < 1.29 is 33.3 Å². The average molecular weight is 354 g/mol. The van der Waals surface area contributed by atoms with E-state index in [0.29, 0.717) is 6.42 Å². The summed E-state index contributed by atoms with van der Waals surface area (Å²) in [5.74, 6) is -1.60. The zero-order valence-electron chi connectivity index (χ0n) is 15.0. The van der Waals surface area contributed by atoms with E-state index in [0.717, 1.165) is 25.7 Å². The highest BCUT2D eigenvalue weighted by Crippen LogP contribution is 2.48. The van der Waals surface area contributed by atoms with Crippen LogP contribution < -0.4 is 0 Å². The van der Waals surface area contributed by atoms with Gasteiger partial charge in [-0.1, -0.05) is 13.3 Å². The van der Waals surface area contributed by atoms with Crippen molar-refractivity contribution in [3.63, 3.8) is 0 Å². The highest BCUT2D eigenvalue weighted by atomic mass is 16.9. The van der Waals surface area contributed by atoms with Crippen LogP contribution in [0.15, 0.2) is 0 Å². The molecule has 3 heterocycles. The van der Waals surface area contributed by atoms with Crippen LogP contribution in [0.4, 0.5) is 0 Å². The minimum Gasteiger partial charge on any atom is -0.454 e. The van der Waals surface area contributed by atoms with E-state index in [9.17, 15) is 9.59 Å². The fraction of sp³-hybridized carbons (Fsp3) is 0.889. The van der Waals surface area contributed by atoms with Gasteiger partial charge >= 0.3 is 11.9 Å². The monoisotopic (exact) mass is 354 g/mol. The summed E-state index contributed by atoms with van der Waals surface area (Å²) < 4.78 is 29.0. The number of hydrogen-bond acceptors (Lipinski definition) is 7. The molecule has 0 amide bonds. The van der Waals surface area contributed by atoms with E-state index in [1.807, 2.05) is 6.92 Å². The summed E-state index contributed by atoms with van der Waals surface area (Å²) in [6.45, 7) is 5.48. The van der Waals surface area contributed by atoms with E-state index in [4.69, 9.17) is 23.7 Å². The molecule has 1 aliphatic carbocycles. The van der Waals surface area contributed by atoms with Crippen LogP contribution in [0.2, 0.25) is 0 Å². The van der Waals surface area contributed by atoms with Crippen molar-refractivity contribution in [3.05, 3.63) is 0 Å². The van der Waals surface area contributed by atoms with E-state index in [-0.39, 0.29) is 0 Å². The molecule has 4 rings (SSSR count). The maximum atomic E-state index is 12.3. The summed E-state index contributed by atoms with van der Waals surface area (Å²) in [4.78, 5) is 24.5. The van der Waals surface area contributed by atoms with Crippen LogP contribution in [-0.4, -0.2) is 48.4 Å². The zero-order chi connectivity index (χ0) is 17.8. The quantitative estimate of drug-likeness (QED) is 0.718. The van der Waals surface area contributed by atoms with Crippen LogP contribution in [0, 0.1) is 5.41 Å². The smallest absolute Gasteiger partial charge is 0.350 e. The molecule has 5 atom stereocenters. The molecule has 0 bridgehead atoms. The highest BCUT2D eigenvalue weighted by Gasteiger charge is 2.65. The first kappa shape index (κ1) is 17.2. The molecule has 4 fully saturated rings. The fourth-order valence-corrected chi connectivity index (χ4v) is 3.93. The van der Waals surface area contributed by atoms with Crippen molar-refractivity contribution in [1.29, 1.82) is 0 Å². The van der Waals surface area contributed by atoms with Gasteiger partial charge in [0.05, 0.1) is 5.41 Å². The first-order valence-electron chi connectivity index (χ1n) is 9.28. The van der Waals surface area contributed by atoms with Crippen LogP contribution in [0.25, 0.3) is 0 Å². The van der Waals surface area contributed by atoms with Crippen molar-refractivity contribution in [2.45, 2.75) is 95.8 Å². The number of esters is 2. The van der Waals surface area contributed by atoms with Gasteiger partial charge in [0.1, 0.15) is 6.10 Å². The lowest BCUT2D eigenvalue weighted by Gasteiger charge is -2.33. The summed E-state index contributed by atoms with van der Waals surface area (Å²) in [7, 11) is 0. The van der Waals surface area contributed by atoms with Gasteiger partial charge in [0.2, 0.25) is 6.10 Å². The average Bonchev–Trinajstić information content (AvgIpc) is 3.17. The third kappa shape index (κ3) is 2.76. The third-order valence-electron chi connectivity index (χ3n) is 5.96. The van der Waals surface area contributed by atoms with E-state index in [1.54, 1.807) is 13.8 Å². The van der Waals surface area contributed by atoms with Gasteiger partial charge < -0.3 is 23.7 Å². The Bertz CT molecular complexity index is 566. The van der Waals surface area contributed by atoms with Gasteiger partial charge in [0.15, 0.2) is 24.3 Å². The topological polar surface area (TPSA) is 80.3 Å². The van der Waals surface area contributed by atoms with Crippen LogP contribution in [0.3, 0.4) is 0 Å². The Morgan fingerprint density at radius 2 is 1.88 bits per heavy atom. The van der Waals surface area contributed by atoms with E-state index < -0.39 is 53.8 Å². The molecule has 7 heteroatoms. The Kier molecular flexibility index (Phi) is 4.09. The summed E-state index contributed by atoms with van der Waals surface area (Å²) in [5.41, 5.74) is -0.661. The van der Waals surface area contributed by atoms with Crippen LogP contribution in [0.5, 0.6) is 0 Å². The van der Waals surface area contributed by atoms with Crippen molar-refractivity contribution in [1.82, 2.24) is 0 Å². The van der Waals surface area contributed by atoms with Crippen LogP contribution >= 0.6 is 0 Å². The molecule has 0 aromatic heterocycles. The molecule has 3 aliphatic heterocycles. The second-order valence-corrected chi connectivity index (χ2v) is 8.11. The van der Waals surface area contributed by atoms with E-state index in [1.165, 1.54) is 6.42 Å². The Morgan fingerprint density at radius 3 is 2.56 bits per heavy atom. The number of carbonyl (C=O) groups is 2. The third-order valence-corrected chi connectivity index (χ3v) is 5.96. The van der Waals surface area contributed by atoms with Crippen LogP contribution in [0.1, 0.15) is 59.3 Å². The molecule has 0 aromatic rings. The summed E-state index contributed by atoms with van der Waals surface area (Å²) >= 11 is 0. The van der Waals surface area contributed by atoms with E-state index >= 15 is 0 Å². The normalized spacial score (nSPS) is 39.2. The lowest BCUT2D eigenvalue weighted by molar-refractivity contribution is -0.246. The number of hydrogen-bond donors (Lipinski definition) is 0. The first-order valence-corrected chi connectivity index (χ1v) is 9.28. The molecule has 1 saturated carbocycles. The standard InChI is InChI=1S/C18H26O7/c1-4-17(2,3)16(20)23-12-10-11(21-14(12)19)13-15(22-10)25-18(24-13)8-6-5-7-9-18/h10-13,15H,4-9H2,1-3H3/t10-,11-,12?,13?,15?/m0/s1. The second-order valence-electron chi connectivity index (χ2n) is 8.11. The van der Waals surface area contributed by atoms with Crippen LogP contribution in [-0.2, 0) is 33.3 Å². The maximum Gasteiger partial charge on any atom is 0.350 e. The highest BCUT2D eigenvalue weighted by molar-refractivity contribution is 5.84. The second kappa shape index (κ2) is 5.93. The SMILES string of the molecule is CCC(C)(C)C(=O)OC1C(=O)O[C@@H]2C3OC4(CCCCC4)OC3O[C@H]12. The molecule has 1 spiro atoms. The molecular formula is C18H26O7. The number of rotatable bonds is 3. The number of carbonyl (C=O) groups excluding carboxylic acids is 2. The lowest BCUT2D eigenvalue weighted by Crippen LogP contribution is -2.41. The van der Waals surface area contributed by atoms with Crippen molar-refractivity contribution in [3.8, 4) is 0 Å². The fourth-order valence-electron chi connectivity index (χ4n) is 3.93. The molecule has 140 valence electrons. The molecule has 0 aromatic carbocycles. The van der Waals surface area contributed by atoms with Gasteiger partial charge in [-0.2, -0.15) is 0 Å². The molecule has 0 radical (unpaired) electrons. The number of fused-ring (bicyclic) bond motifs is 3. The van der Waals surface area contributed by atoms with Gasteiger partial charge in [-0.25, -0.2) is 4.79 Å². The molecule has 25 heavy (non-hydrogen) atoms. The zero-order valence-corrected chi connectivity index (χ0v) is 15.0. The molecule has 4 aliphatic rings. The summed E-state index contributed by atoms with van der Waals surface area (Å²) in [6.07, 6.45) is 2.25. The predicted molar refractivity (Wildman–Crippen MR) is 84.3 cm³/mol. The summed E-state index contributed by atoms with van der Waals surface area (Å²) in [6, 6.07) is 0. The molecule has 3 saturated heterocycles. The van der Waals surface area contributed by atoms with Gasteiger partial charge in [-0.3, -0.25) is 4.79 Å². The van der Waals surface area contributed by atoms with Crippen molar-refractivity contribution >= 4 is 11.9 Å². The van der Waals surface area contributed by atoms with Crippen molar-refractivity contribution in [2.24, 2.45) is 5.41 Å². The maximum absolute atomic E-state index is 12.3. The predicted octanol–water partition coefficient (Wildman–Crippen LogP) is 2.06. The molecule has 0 N–H and O–H groups in total. The lowest BCUT2D eigenvalue weighted by atomic mass is 9.90. The largest absolute Gasteiger partial charge is 0.454 e. The van der Waals surface area contributed by atoms with Crippen molar-refractivity contribution in [2.75, 3.05) is 0 Å². The first-order chi connectivity index (χ1) is 11.9. The Balaban J connectivity index is 1.45. The van der Waals surface area contributed by atoms with Gasteiger partial charge in [0, 0.05) is 12.8 Å². The van der Waals surface area contributed by atoms with Gasteiger partial charge in [-0.15, -0.1) is 0 Å². The molecular weight excluding hydrogens is 328 g/mol. The van der Waals surface area contributed by atoms with Gasteiger partial charge in [-0.05, 0) is 33.1 Å². The molecule has 3 unspecified atom stereocenters. The minimum atomic E-state index is -1.05. The van der Waals surface area contributed by atoms with E-state index in [2.05, 4.69) is 0 Å². The van der Waals surface area contributed by atoms with Gasteiger partial charge in [0.25, 0.3) is 0 Å². The number of ether oxygens (including phenoxy) is 5. The Hall–Kier alpha value is -1.18. The minimum absolute atomic E-state index is 0.427. The molecule has 7 nitrogen and oxygen atoms in total. The Labute approximate surface area is 147 Å². The Morgan fingerprint density at radius 1 is 1.16 bits per heavy atom. The summed E-state index contributed by atoms with van der Waals surface area (Å²) in [5, 5.41) is 0.